The Morgan fingerprint density at radius 1 is 0.946 bits per heavy atom. The summed E-state index contributed by atoms with van der Waals surface area (Å²) in [5, 5.41) is 11.9. The van der Waals surface area contributed by atoms with Gasteiger partial charge in [0.05, 0.1) is 30.8 Å². The van der Waals surface area contributed by atoms with Crippen molar-refractivity contribution in [1.82, 2.24) is 4.90 Å². The lowest BCUT2D eigenvalue weighted by molar-refractivity contribution is -0.115. The second-order valence-electron chi connectivity index (χ2n) is 8.56. The van der Waals surface area contributed by atoms with Gasteiger partial charge in [0, 0.05) is 6.54 Å². The van der Waals surface area contributed by atoms with Crippen molar-refractivity contribution in [1.29, 1.82) is 0 Å². The molecule has 0 aromatic heterocycles. The van der Waals surface area contributed by atoms with Gasteiger partial charge in [-0.25, -0.2) is 9.59 Å². The van der Waals surface area contributed by atoms with Crippen molar-refractivity contribution in [3.63, 3.8) is 0 Å². The zero-order chi connectivity index (χ0) is 26.2. The monoisotopic (exact) mass is 504 g/mol. The summed E-state index contributed by atoms with van der Waals surface area (Å²) in [5.74, 6) is 0.491. The zero-order valence-corrected chi connectivity index (χ0v) is 20.4. The van der Waals surface area contributed by atoms with E-state index < -0.39 is 5.97 Å². The highest BCUT2D eigenvalue weighted by Gasteiger charge is 2.29. The van der Waals surface area contributed by atoms with Crippen LogP contribution in [-0.2, 0) is 16.0 Å². The van der Waals surface area contributed by atoms with Crippen molar-refractivity contribution >= 4 is 23.7 Å². The third kappa shape index (κ3) is 6.78. The molecule has 3 aromatic carbocycles. The number of hydrogen-bond acceptors (Lipinski definition) is 6. The average Bonchev–Trinajstić information content (AvgIpc) is 3.38. The number of para-hydroxylation sites is 1. The van der Waals surface area contributed by atoms with Gasteiger partial charge < -0.3 is 29.5 Å². The first-order chi connectivity index (χ1) is 17.9. The third-order valence-electron chi connectivity index (χ3n) is 6.01. The van der Waals surface area contributed by atoms with Crippen molar-refractivity contribution in [3.8, 4) is 17.2 Å². The SMILES string of the molecule is COC(=O)N1CCC[C@H]1COc1ccc(Oc2ccc(CC(=O)Nc3ccccc3C(=O)O)cc2)cc1. The van der Waals surface area contributed by atoms with Crippen LogP contribution in [0.1, 0.15) is 28.8 Å². The Kier molecular flexibility index (Phi) is 8.25. The highest BCUT2D eigenvalue weighted by molar-refractivity contribution is 6.01. The summed E-state index contributed by atoms with van der Waals surface area (Å²) in [5.41, 5.74) is 1.06. The van der Waals surface area contributed by atoms with Crippen molar-refractivity contribution in [2.45, 2.75) is 25.3 Å². The lowest BCUT2D eigenvalue weighted by atomic mass is 10.1. The number of carboxylic acid groups (broad SMARTS) is 1. The van der Waals surface area contributed by atoms with Crippen LogP contribution in [0.5, 0.6) is 17.2 Å². The fourth-order valence-corrected chi connectivity index (χ4v) is 4.13. The molecule has 4 rings (SSSR count). The zero-order valence-electron chi connectivity index (χ0n) is 20.4. The minimum atomic E-state index is -1.10. The Morgan fingerprint density at radius 2 is 1.59 bits per heavy atom. The van der Waals surface area contributed by atoms with E-state index in [2.05, 4.69) is 5.32 Å². The maximum Gasteiger partial charge on any atom is 0.409 e. The van der Waals surface area contributed by atoms with Crippen LogP contribution >= 0.6 is 0 Å². The normalized spacial score (nSPS) is 14.6. The molecule has 2 N–H and O–H groups in total. The molecule has 2 amide bonds. The van der Waals surface area contributed by atoms with Gasteiger partial charge in [-0.15, -0.1) is 0 Å². The summed E-state index contributed by atoms with van der Waals surface area (Å²) in [7, 11) is 1.38. The quantitative estimate of drug-likeness (QED) is 0.423. The predicted octanol–water partition coefficient (Wildman–Crippen LogP) is 4.97. The summed E-state index contributed by atoms with van der Waals surface area (Å²) in [6.45, 7) is 1.07. The molecule has 0 radical (unpaired) electrons. The van der Waals surface area contributed by atoms with Crippen LogP contribution in [0.2, 0.25) is 0 Å². The number of ether oxygens (including phenoxy) is 3. The number of nitrogens with one attached hydrogen (secondary N) is 1. The molecule has 37 heavy (non-hydrogen) atoms. The highest BCUT2D eigenvalue weighted by Crippen LogP contribution is 2.26. The smallest absolute Gasteiger partial charge is 0.409 e. The first-order valence-electron chi connectivity index (χ1n) is 11.9. The molecule has 0 bridgehead atoms. The van der Waals surface area contributed by atoms with E-state index in [1.54, 1.807) is 71.6 Å². The van der Waals surface area contributed by atoms with Crippen LogP contribution in [0.3, 0.4) is 0 Å². The number of likely N-dealkylation sites (tertiary alicyclic amines) is 1. The van der Waals surface area contributed by atoms with E-state index in [1.807, 2.05) is 0 Å². The Hall–Kier alpha value is -4.53. The molecule has 1 saturated heterocycles. The van der Waals surface area contributed by atoms with Gasteiger partial charge in [-0.3, -0.25) is 4.79 Å². The Balaban J connectivity index is 1.27. The van der Waals surface area contributed by atoms with Crippen molar-refractivity contribution in [2.24, 2.45) is 0 Å². The van der Waals surface area contributed by atoms with Crippen LogP contribution in [-0.4, -0.2) is 54.3 Å². The number of benzene rings is 3. The topological polar surface area (TPSA) is 114 Å². The van der Waals surface area contributed by atoms with Crippen LogP contribution in [0.4, 0.5) is 10.5 Å². The van der Waals surface area contributed by atoms with Gasteiger partial charge in [0.2, 0.25) is 5.91 Å². The number of methoxy groups -OCH3 is 1. The van der Waals surface area contributed by atoms with Crippen LogP contribution in [0.25, 0.3) is 0 Å². The maximum absolute atomic E-state index is 12.4. The summed E-state index contributed by atoms with van der Waals surface area (Å²) in [4.78, 5) is 37.2. The van der Waals surface area contributed by atoms with Gasteiger partial charge in [-0.05, 0) is 66.9 Å². The van der Waals surface area contributed by atoms with E-state index in [1.165, 1.54) is 13.2 Å². The van der Waals surface area contributed by atoms with Gasteiger partial charge >= 0.3 is 12.1 Å². The van der Waals surface area contributed by atoms with Gasteiger partial charge in [0.15, 0.2) is 0 Å². The number of amides is 2. The van der Waals surface area contributed by atoms with Gasteiger partial charge in [0.1, 0.15) is 23.9 Å². The first kappa shape index (κ1) is 25.6. The molecule has 3 aromatic rings. The van der Waals surface area contributed by atoms with E-state index in [0.29, 0.717) is 30.4 Å². The maximum atomic E-state index is 12.4. The van der Waals surface area contributed by atoms with Gasteiger partial charge in [0.25, 0.3) is 0 Å². The van der Waals surface area contributed by atoms with E-state index in [4.69, 9.17) is 14.2 Å². The Morgan fingerprint density at radius 3 is 2.27 bits per heavy atom. The molecular weight excluding hydrogens is 476 g/mol. The van der Waals surface area contributed by atoms with Crippen molar-refractivity contribution in [2.75, 3.05) is 25.6 Å². The van der Waals surface area contributed by atoms with E-state index in [0.717, 1.165) is 18.4 Å². The second-order valence-corrected chi connectivity index (χ2v) is 8.56. The van der Waals surface area contributed by atoms with Gasteiger partial charge in [-0.1, -0.05) is 24.3 Å². The highest BCUT2D eigenvalue weighted by atomic mass is 16.5. The number of anilines is 1. The molecule has 9 heteroatoms. The minimum absolute atomic E-state index is 0.00381. The molecule has 1 atom stereocenters. The van der Waals surface area contributed by atoms with Crippen molar-refractivity contribution < 1.29 is 33.7 Å². The first-order valence-corrected chi connectivity index (χ1v) is 11.9. The molecule has 0 spiro atoms. The Bertz CT molecular complexity index is 1240. The molecular formula is C28H28N2O7. The third-order valence-corrected chi connectivity index (χ3v) is 6.01. The van der Waals surface area contributed by atoms with Crippen molar-refractivity contribution in [3.05, 3.63) is 83.9 Å². The standard InChI is InChI=1S/C28H28N2O7/c1-35-28(34)30-16-4-5-20(30)18-36-21-12-14-23(15-13-21)37-22-10-8-19(9-11-22)17-26(31)29-25-7-3-2-6-24(25)27(32)33/h2-3,6-15,20H,4-5,16-18H2,1H3,(H,29,31)(H,32,33)/t20-/m0/s1. The number of hydrogen-bond donors (Lipinski definition) is 2. The molecule has 0 saturated carbocycles. The average molecular weight is 505 g/mol. The van der Waals surface area contributed by atoms with E-state index >= 15 is 0 Å². The van der Waals surface area contributed by atoms with Crippen LogP contribution < -0.4 is 14.8 Å². The molecule has 1 aliphatic rings. The minimum Gasteiger partial charge on any atom is -0.491 e. The second kappa shape index (κ2) is 11.9. The summed E-state index contributed by atoms with van der Waals surface area (Å²) >= 11 is 0. The number of carboxylic acids is 1. The van der Waals surface area contributed by atoms with E-state index in [9.17, 15) is 19.5 Å². The lowest BCUT2D eigenvalue weighted by Crippen LogP contribution is -2.38. The number of aromatic carboxylic acids is 1. The predicted molar refractivity (Wildman–Crippen MR) is 136 cm³/mol. The van der Waals surface area contributed by atoms with Crippen LogP contribution in [0.15, 0.2) is 72.8 Å². The lowest BCUT2D eigenvalue weighted by Gasteiger charge is -2.23. The molecule has 1 aliphatic heterocycles. The van der Waals surface area contributed by atoms with Gasteiger partial charge in [-0.2, -0.15) is 0 Å². The summed E-state index contributed by atoms with van der Waals surface area (Å²) in [6.07, 6.45) is 1.57. The summed E-state index contributed by atoms with van der Waals surface area (Å²) < 4.78 is 16.6. The fraction of sp³-hybridized carbons (Fsp3) is 0.250. The molecule has 1 fully saturated rings. The number of carbonyl (C=O) groups excluding carboxylic acids is 2. The molecule has 192 valence electrons. The largest absolute Gasteiger partial charge is 0.491 e. The fourth-order valence-electron chi connectivity index (χ4n) is 4.13. The molecule has 9 nitrogen and oxygen atoms in total. The molecule has 0 unspecified atom stereocenters. The summed E-state index contributed by atoms with van der Waals surface area (Å²) in [6, 6.07) is 20.6. The van der Waals surface area contributed by atoms with E-state index in [-0.39, 0.29) is 35.7 Å². The number of nitrogens with zero attached hydrogens (tertiary/aromatic N) is 1. The van der Waals surface area contributed by atoms with Crippen LogP contribution in [0, 0.1) is 0 Å². The number of carbonyl (C=O) groups is 3. The molecule has 1 heterocycles. The Labute approximate surface area is 214 Å². The number of rotatable bonds is 9. The molecule has 0 aliphatic carbocycles.